The molecule has 1 unspecified atom stereocenters. The summed E-state index contributed by atoms with van der Waals surface area (Å²) in [6, 6.07) is 7.53. The quantitative estimate of drug-likeness (QED) is 0.473. The summed E-state index contributed by atoms with van der Waals surface area (Å²) in [5.74, 6) is -0.862. The molecule has 4 N–H and O–H groups in total. The lowest BCUT2D eigenvalue weighted by Gasteiger charge is -2.16. The number of nitrogens with one attached hydrogen (secondary N) is 2. The number of nitrogen functional groups attached to an aromatic ring is 1. The van der Waals surface area contributed by atoms with Crippen LogP contribution in [0, 0.1) is 0 Å². The Morgan fingerprint density at radius 2 is 1.80 bits per heavy atom. The van der Waals surface area contributed by atoms with Crippen LogP contribution in [0.2, 0.25) is 0 Å². The lowest BCUT2D eigenvalue weighted by molar-refractivity contribution is -0.861. The zero-order chi connectivity index (χ0) is 22.4. The van der Waals surface area contributed by atoms with E-state index in [-0.39, 0.29) is 30.4 Å². The zero-order valence-corrected chi connectivity index (χ0v) is 17.9. The van der Waals surface area contributed by atoms with Crippen molar-refractivity contribution in [2.45, 2.75) is 33.2 Å². The lowest BCUT2D eigenvalue weighted by Crippen LogP contribution is -3.11. The van der Waals surface area contributed by atoms with Crippen LogP contribution < -0.4 is 27.2 Å². The molecule has 1 atom stereocenters. The number of amides is 1. The summed E-state index contributed by atoms with van der Waals surface area (Å²) < 4.78 is 2.13. The summed E-state index contributed by atoms with van der Waals surface area (Å²) in [4.78, 5) is 50.5. The Balaban J connectivity index is 2.15. The van der Waals surface area contributed by atoms with Gasteiger partial charge in [0.1, 0.15) is 17.9 Å². The number of quaternary nitrogens is 1. The number of benzene rings is 1. The molecule has 1 heterocycles. The van der Waals surface area contributed by atoms with Crippen molar-refractivity contribution in [3.8, 4) is 0 Å². The van der Waals surface area contributed by atoms with Gasteiger partial charge in [-0.1, -0.05) is 32.0 Å². The summed E-state index contributed by atoms with van der Waals surface area (Å²) in [7, 11) is 3.01. The van der Waals surface area contributed by atoms with E-state index in [2.05, 4.69) is 5.32 Å². The molecule has 0 aliphatic carbocycles. The summed E-state index contributed by atoms with van der Waals surface area (Å²) in [5, 5.41) is 2.86. The molecular weight excluding hydrogens is 386 g/mol. The molecule has 0 saturated carbocycles. The highest BCUT2D eigenvalue weighted by Gasteiger charge is 2.24. The number of hydrogen-bond donors (Lipinski definition) is 3. The van der Waals surface area contributed by atoms with Crippen molar-refractivity contribution in [1.82, 2.24) is 9.13 Å². The molecule has 1 aromatic carbocycles. The van der Waals surface area contributed by atoms with Gasteiger partial charge >= 0.3 is 5.69 Å². The van der Waals surface area contributed by atoms with Crippen molar-refractivity contribution in [2.24, 2.45) is 7.05 Å². The highest BCUT2D eigenvalue weighted by Crippen LogP contribution is 2.14. The van der Waals surface area contributed by atoms with E-state index < -0.39 is 17.0 Å². The van der Waals surface area contributed by atoms with Crippen molar-refractivity contribution in [3.63, 3.8) is 0 Å². The van der Waals surface area contributed by atoms with Gasteiger partial charge in [0.15, 0.2) is 6.54 Å². The third kappa shape index (κ3) is 5.04. The summed E-state index contributed by atoms with van der Waals surface area (Å²) in [5.41, 5.74) is 6.28. The van der Waals surface area contributed by atoms with Crippen molar-refractivity contribution in [2.75, 3.05) is 31.2 Å². The molecule has 1 aromatic heterocycles. The average Bonchev–Trinajstić information content (AvgIpc) is 2.69. The van der Waals surface area contributed by atoms with E-state index >= 15 is 0 Å². The van der Waals surface area contributed by atoms with E-state index in [1.165, 1.54) is 11.6 Å². The predicted octanol–water partition coefficient (Wildman–Crippen LogP) is -0.562. The van der Waals surface area contributed by atoms with Gasteiger partial charge in [0, 0.05) is 19.3 Å². The third-order valence-corrected chi connectivity index (χ3v) is 4.91. The van der Waals surface area contributed by atoms with Crippen LogP contribution in [0.5, 0.6) is 0 Å². The minimum absolute atomic E-state index is 0.0403. The Bertz CT molecular complexity index is 1050. The lowest BCUT2D eigenvalue weighted by atomic mass is 10.1. The van der Waals surface area contributed by atoms with Gasteiger partial charge in [-0.3, -0.25) is 23.5 Å². The Labute approximate surface area is 175 Å². The second-order valence-electron chi connectivity index (χ2n) is 7.35. The van der Waals surface area contributed by atoms with Gasteiger partial charge in [-0.15, -0.1) is 0 Å². The first-order valence-corrected chi connectivity index (χ1v) is 10.0. The molecule has 30 heavy (non-hydrogen) atoms. The molecule has 0 aliphatic rings. The number of likely N-dealkylation sites (N-methyl/N-ethyl adjacent to an activating group) is 1. The predicted molar refractivity (Wildman–Crippen MR) is 116 cm³/mol. The van der Waals surface area contributed by atoms with Crippen LogP contribution in [0.25, 0.3) is 0 Å². The second kappa shape index (κ2) is 10.0. The molecule has 0 saturated heterocycles. The van der Waals surface area contributed by atoms with E-state index in [0.29, 0.717) is 17.9 Å². The first-order chi connectivity index (χ1) is 14.2. The molecule has 9 heteroatoms. The highest BCUT2D eigenvalue weighted by atomic mass is 16.2. The molecule has 162 valence electrons. The minimum Gasteiger partial charge on any atom is -0.384 e. The number of aryl methyl sites for hydroxylation is 1. The molecule has 2 aromatic rings. The molecule has 9 nitrogen and oxygen atoms in total. The number of nitrogens with two attached hydrogens (primary N) is 1. The number of para-hydroxylation sites is 1. The number of nitrogens with zero attached hydrogens (tertiary/aromatic N) is 2. The van der Waals surface area contributed by atoms with E-state index in [4.69, 9.17) is 5.73 Å². The number of Topliss-reactive ketones (excluding diaryl/α,β-unsaturated/α-hetero) is 1. The first kappa shape index (κ1) is 23.1. The van der Waals surface area contributed by atoms with Crippen LogP contribution in [0.4, 0.5) is 11.5 Å². The van der Waals surface area contributed by atoms with E-state index in [9.17, 15) is 19.2 Å². The summed E-state index contributed by atoms with van der Waals surface area (Å²) >= 11 is 0. The monoisotopic (exact) mass is 416 g/mol. The van der Waals surface area contributed by atoms with Crippen LogP contribution in [-0.2, 0) is 24.8 Å². The van der Waals surface area contributed by atoms with Crippen LogP contribution in [0.1, 0.15) is 36.2 Å². The number of ketones is 1. The molecule has 2 rings (SSSR count). The normalized spacial score (nSPS) is 11.9. The van der Waals surface area contributed by atoms with Gasteiger partial charge in [0.05, 0.1) is 7.05 Å². The van der Waals surface area contributed by atoms with Crippen LogP contribution in [0.15, 0.2) is 33.9 Å². The van der Waals surface area contributed by atoms with Gasteiger partial charge < -0.3 is 16.0 Å². The van der Waals surface area contributed by atoms with Crippen molar-refractivity contribution >= 4 is 23.2 Å². The van der Waals surface area contributed by atoms with Gasteiger partial charge in [-0.05, 0) is 24.5 Å². The van der Waals surface area contributed by atoms with E-state index in [1.54, 1.807) is 7.05 Å². The maximum atomic E-state index is 12.8. The number of hydrogen-bond acceptors (Lipinski definition) is 5. The van der Waals surface area contributed by atoms with Gasteiger partial charge in [0.25, 0.3) is 11.5 Å². The Hall–Kier alpha value is -3.20. The average molecular weight is 417 g/mol. The fourth-order valence-corrected chi connectivity index (χ4v) is 3.33. The van der Waals surface area contributed by atoms with Gasteiger partial charge in [-0.25, -0.2) is 4.79 Å². The van der Waals surface area contributed by atoms with E-state index in [0.717, 1.165) is 22.2 Å². The van der Waals surface area contributed by atoms with Crippen LogP contribution >= 0.6 is 0 Å². The van der Waals surface area contributed by atoms with Crippen LogP contribution in [0.3, 0.4) is 0 Å². The van der Waals surface area contributed by atoms with Gasteiger partial charge in [0.2, 0.25) is 5.78 Å². The highest BCUT2D eigenvalue weighted by molar-refractivity contribution is 6.00. The Morgan fingerprint density at radius 3 is 2.43 bits per heavy atom. The minimum atomic E-state index is -0.719. The first-order valence-electron chi connectivity index (χ1n) is 10.0. The second-order valence-corrected chi connectivity index (χ2v) is 7.35. The van der Waals surface area contributed by atoms with Crippen LogP contribution in [-0.4, -0.2) is 41.0 Å². The topological polar surface area (TPSA) is 121 Å². The van der Waals surface area contributed by atoms with Gasteiger partial charge in [-0.2, -0.15) is 0 Å². The largest absolute Gasteiger partial charge is 0.384 e. The zero-order valence-electron chi connectivity index (χ0n) is 17.9. The van der Waals surface area contributed by atoms with Crippen molar-refractivity contribution in [3.05, 3.63) is 56.2 Å². The Kier molecular flexibility index (Phi) is 7.71. The maximum Gasteiger partial charge on any atom is 0.332 e. The maximum absolute atomic E-state index is 12.8. The molecule has 0 fully saturated rings. The number of carbonyl (C=O) groups is 2. The summed E-state index contributed by atoms with van der Waals surface area (Å²) in [6.45, 7) is 4.11. The SMILES string of the molecule is CCCn1c(N)c(C(=O)C[NH+](C)CC(=O)Nc2ccccc2CC)c(=O)n(C)c1=O. The third-order valence-electron chi connectivity index (χ3n) is 4.91. The fraction of sp³-hybridized carbons (Fsp3) is 0.429. The fourth-order valence-electron chi connectivity index (χ4n) is 3.33. The molecule has 0 bridgehead atoms. The molecule has 1 amide bonds. The van der Waals surface area contributed by atoms with Crippen molar-refractivity contribution < 1.29 is 14.5 Å². The molecular formula is C21H30N5O4+. The molecule has 0 radical (unpaired) electrons. The standard InChI is InChI=1S/C21H29N5O4/c1-5-11-26-19(22)18(20(29)25(4)21(26)30)16(27)12-24(3)13-17(28)23-15-10-8-7-9-14(15)6-2/h7-10H,5-6,11-13,22H2,1-4H3,(H,23,28)/p+1. The number of aromatic nitrogens is 2. The smallest absolute Gasteiger partial charge is 0.332 e. The number of anilines is 2. The summed E-state index contributed by atoms with van der Waals surface area (Å²) in [6.07, 6.45) is 1.41. The van der Waals surface area contributed by atoms with Crippen molar-refractivity contribution in [1.29, 1.82) is 0 Å². The molecule has 0 aliphatic heterocycles. The van der Waals surface area contributed by atoms with E-state index in [1.807, 2.05) is 38.1 Å². The molecule has 0 spiro atoms. The number of rotatable bonds is 9. The Morgan fingerprint density at radius 1 is 1.13 bits per heavy atom. The number of carbonyl (C=O) groups excluding carboxylic acids is 2.